The smallest absolute Gasteiger partial charge is 0.329 e. The second-order valence-electron chi connectivity index (χ2n) is 17.4. The fraction of sp³-hybridized carbons (Fsp3) is 0.447. The molecule has 2 aromatic carbocycles. The lowest BCUT2D eigenvalue weighted by Gasteiger charge is -2.27. The molecule has 3 aromatic rings. The molecule has 0 aliphatic heterocycles. The molecule has 1 heterocycles. The number of nitrogen functional groups attached to an aromatic ring is 1. The summed E-state index contributed by atoms with van der Waals surface area (Å²) in [6.07, 6.45) is 1.81. The van der Waals surface area contributed by atoms with E-state index in [0.717, 1.165) is 16.4 Å². The van der Waals surface area contributed by atoms with Gasteiger partial charge in [0, 0.05) is 48.7 Å². The summed E-state index contributed by atoms with van der Waals surface area (Å²) in [5.74, 6) is -10.8. The Morgan fingerprint density at radius 1 is 0.813 bits per heavy atom. The second kappa shape index (κ2) is 29.7. The minimum Gasteiger partial charge on any atom is -0.481 e. The fourth-order valence-electron chi connectivity index (χ4n) is 6.86. The summed E-state index contributed by atoms with van der Waals surface area (Å²) >= 11 is 0. The third-order valence-electron chi connectivity index (χ3n) is 10.3. The summed E-state index contributed by atoms with van der Waals surface area (Å²) in [7, 11) is 2.34. The number of carboxylic acids is 4. The third-order valence-corrected chi connectivity index (χ3v) is 12.7. The highest BCUT2D eigenvalue weighted by Gasteiger charge is 2.37. The predicted molar refractivity (Wildman–Crippen MR) is 273 cm³/mol. The number of nitrogens with zero attached hydrogens (tertiary/aromatic N) is 2. The number of H-pyrrole nitrogens is 1. The summed E-state index contributed by atoms with van der Waals surface area (Å²) in [5, 5.41) is 46.8. The van der Waals surface area contributed by atoms with Crippen molar-refractivity contribution >= 4 is 104 Å². The number of amides is 4. The molecule has 26 nitrogen and oxygen atoms in total. The van der Waals surface area contributed by atoms with Gasteiger partial charge in [0.05, 0.1) is 48.7 Å². The molecule has 0 saturated carbocycles. The number of esters is 2. The molecular formula is C47H59N9O17S2. The number of terminal acetylenes is 1. The fourth-order valence-corrected chi connectivity index (χ4v) is 8.67. The molecule has 0 aliphatic carbocycles. The van der Waals surface area contributed by atoms with Crippen molar-refractivity contribution in [1.29, 1.82) is 0 Å². The van der Waals surface area contributed by atoms with Crippen LogP contribution in [0.25, 0.3) is 10.9 Å². The van der Waals surface area contributed by atoms with Crippen LogP contribution in [0.1, 0.15) is 75.2 Å². The lowest BCUT2D eigenvalue weighted by Crippen LogP contribution is -2.57. The number of aromatic amines is 1. The number of ether oxygens (including phenoxy) is 2. The van der Waals surface area contributed by atoms with Crippen LogP contribution in [0.3, 0.4) is 0 Å². The van der Waals surface area contributed by atoms with Crippen LogP contribution in [0.5, 0.6) is 0 Å². The van der Waals surface area contributed by atoms with Gasteiger partial charge in [0.1, 0.15) is 30.3 Å². The van der Waals surface area contributed by atoms with E-state index in [1.807, 2.05) is 15.5 Å². The van der Waals surface area contributed by atoms with Crippen molar-refractivity contribution in [3.8, 4) is 12.3 Å². The average Bonchev–Trinajstić information content (AvgIpc) is 3.31. The zero-order chi connectivity index (χ0) is 56.0. The molecule has 4 amide bonds. The first kappa shape index (κ1) is 61.4. The van der Waals surface area contributed by atoms with E-state index in [4.69, 9.17) is 27.4 Å². The van der Waals surface area contributed by atoms with E-state index in [-0.39, 0.29) is 55.4 Å². The van der Waals surface area contributed by atoms with Gasteiger partial charge in [-0.15, -0.1) is 6.42 Å². The van der Waals surface area contributed by atoms with Crippen LogP contribution in [0.15, 0.2) is 47.3 Å². The van der Waals surface area contributed by atoms with E-state index in [1.165, 1.54) is 22.9 Å². The average molecular weight is 1090 g/mol. The van der Waals surface area contributed by atoms with Gasteiger partial charge in [-0.25, -0.2) is 14.6 Å². The van der Waals surface area contributed by atoms with E-state index in [9.17, 15) is 73.2 Å². The van der Waals surface area contributed by atoms with Crippen molar-refractivity contribution in [2.24, 2.45) is 11.7 Å². The first-order valence-electron chi connectivity index (χ1n) is 22.8. The van der Waals surface area contributed by atoms with Gasteiger partial charge in [0.25, 0.3) is 11.5 Å². The van der Waals surface area contributed by atoms with E-state index in [0.29, 0.717) is 23.1 Å². The van der Waals surface area contributed by atoms with E-state index < -0.39 is 126 Å². The number of nitrogens with two attached hydrogens (primary N) is 2. The summed E-state index contributed by atoms with van der Waals surface area (Å²) in [5.41, 5.74) is 11.7. The SMILES string of the molecule is C#CCN(Cc1ccc2nc(N)[nH]c(=O)c2c1)c1ccc(C(=O)NC(CCC(=O)OCCSSCCC(=O)NC(CC(=O)O)C(CC(=O)O)C(=O)NC(CC(=O)O)C(=O)NC(CN)C(=O)O)C(=O)OC(C)(C)C)cc1. The van der Waals surface area contributed by atoms with Crippen LogP contribution in [-0.4, -0.2) is 151 Å². The monoisotopic (exact) mass is 1090 g/mol. The Morgan fingerprint density at radius 2 is 1.45 bits per heavy atom. The standard InChI is InChI=1S/C47H59N9O17S2/c1-5-15-56(24-25-6-11-30-28(19-25)42(67)55-46(49)54-30)27-9-7-26(8-10-27)40(65)51-31(45(71)73-47(2,3)4)12-13-39(64)72-16-18-75-74-17-14-35(57)50-32(21-37(60)61)29(20-36(58)59)41(66)52-33(22-38(62)63)43(68)53-34(23-48)44(69)70/h1,6-11,19,29,31-34H,12-18,20-24,48H2,2-4H3,(H,50,57)(H,51,65)(H,52,66)(H,53,68)(H,58,59)(H,60,61)(H,62,63)(H,69,70)(H3,49,54,55,67). The molecule has 0 aliphatic rings. The van der Waals surface area contributed by atoms with Crippen molar-refractivity contribution in [1.82, 2.24) is 31.2 Å². The number of carbonyl (C=O) groups is 10. The number of nitrogens with one attached hydrogen (secondary N) is 5. The highest BCUT2D eigenvalue weighted by molar-refractivity contribution is 8.76. The molecule has 75 heavy (non-hydrogen) atoms. The van der Waals surface area contributed by atoms with Crippen molar-refractivity contribution in [3.63, 3.8) is 0 Å². The molecule has 13 N–H and O–H groups in total. The Morgan fingerprint density at radius 3 is 2.05 bits per heavy atom. The number of fused-ring (bicyclic) bond motifs is 1. The summed E-state index contributed by atoms with van der Waals surface area (Å²) in [6.45, 7) is 4.69. The first-order chi connectivity index (χ1) is 35.3. The van der Waals surface area contributed by atoms with Gasteiger partial charge in [0.15, 0.2) is 0 Å². The minimum absolute atomic E-state index is 0.00719. The van der Waals surface area contributed by atoms with Crippen LogP contribution in [0.4, 0.5) is 11.6 Å². The molecule has 3 rings (SSSR count). The van der Waals surface area contributed by atoms with Crippen LogP contribution < -0.4 is 43.2 Å². The zero-order valence-corrected chi connectivity index (χ0v) is 42.6. The van der Waals surface area contributed by atoms with E-state index >= 15 is 0 Å². The molecular weight excluding hydrogens is 1030 g/mol. The molecule has 0 bridgehead atoms. The Hall–Kier alpha value is -7.90. The van der Waals surface area contributed by atoms with Crippen LogP contribution in [-0.2, 0) is 59.2 Å². The third kappa shape index (κ3) is 21.6. The minimum atomic E-state index is -1.95. The maximum atomic E-state index is 13.4. The zero-order valence-electron chi connectivity index (χ0n) is 41.0. The Balaban J connectivity index is 1.54. The molecule has 5 atom stereocenters. The van der Waals surface area contributed by atoms with Crippen LogP contribution in [0, 0.1) is 18.3 Å². The summed E-state index contributed by atoms with van der Waals surface area (Å²) < 4.78 is 10.8. The topological polar surface area (TPSA) is 419 Å². The first-order valence-corrected chi connectivity index (χ1v) is 25.3. The van der Waals surface area contributed by atoms with Gasteiger partial charge in [0.2, 0.25) is 23.7 Å². The molecule has 0 fully saturated rings. The van der Waals surface area contributed by atoms with Crippen molar-refractivity contribution < 1.29 is 77.8 Å². The van der Waals surface area contributed by atoms with E-state index in [2.05, 4.69) is 26.5 Å². The maximum Gasteiger partial charge on any atom is 0.329 e. The van der Waals surface area contributed by atoms with Gasteiger partial charge >= 0.3 is 35.8 Å². The largest absolute Gasteiger partial charge is 0.481 e. The Labute approximate surface area is 436 Å². The molecule has 0 spiro atoms. The van der Waals surface area contributed by atoms with Crippen LogP contribution in [0.2, 0.25) is 0 Å². The maximum absolute atomic E-state index is 13.4. The van der Waals surface area contributed by atoms with Gasteiger partial charge in [-0.05, 0) is 69.2 Å². The molecule has 5 unspecified atom stereocenters. The highest BCUT2D eigenvalue weighted by atomic mass is 33.1. The number of carboxylic acid groups (broad SMARTS) is 4. The lowest BCUT2D eigenvalue weighted by atomic mass is 9.91. The lowest BCUT2D eigenvalue weighted by molar-refractivity contribution is -0.158. The number of aliphatic carboxylic acids is 4. The van der Waals surface area contributed by atoms with Gasteiger partial charge in [-0.1, -0.05) is 33.6 Å². The molecule has 406 valence electrons. The molecule has 1 aromatic heterocycles. The Kier molecular flexibility index (Phi) is 24.3. The van der Waals surface area contributed by atoms with Crippen LogP contribution >= 0.6 is 21.6 Å². The number of anilines is 2. The summed E-state index contributed by atoms with van der Waals surface area (Å²) in [4.78, 5) is 146. The van der Waals surface area contributed by atoms with Crippen molar-refractivity contribution in [2.75, 3.05) is 41.8 Å². The van der Waals surface area contributed by atoms with Gasteiger partial charge in [-0.3, -0.25) is 48.1 Å². The predicted octanol–water partition coefficient (Wildman–Crippen LogP) is 0.218. The van der Waals surface area contributed by atoms with Crippen molar-refractivity contribution in [3.05, 3.63) is 63.9 Å². The van der Waals surface area contributed by atoms with Crippen molar-refractivity contribution in [2.45, 2.75) is 95.6 Å². The van der Waals surface area contributed by atoms with E-state index in [1.54, 1.807) is 51.1 Å². The number of aromatic nitrogens is 2. The number of benzene rings is 2. The highest BCUT2D eigenvalue weighted by Crippen LogP contribution is 2.23. The summed E-state index contributed by atoms with van der Waals surface area (Å²) in [6, 6.07) is 5.00. The normalized spacial score (nSPS) is 13.1. The second-order valence-corrected chi connectivity index (χ2v) is 20.1. The Bertz CT molecular complexity index is 2670. The van der Waals surface area contributed by atoms with Gasteiger partial charge in [-0.2, -0.15) is 0 Å². The molecule has 28 heteroatoms. The molecule has 0 radical (unpaired) electrons. The van der Waals surface area contributed by atoms with Gasteiger partial charge < -0.3 is 67.5 Å². The quantitative estimate of drug-likeness (QED) is 0.0178. The number of hydrogen-bond donors (Lipinski definition) is 11. The number of rotatable bonds is 31. The molecule has 0 saturated heterocycles. The number of carbonyl (C=O) groups excluding carboxylic acids is 6. The number of hydrogen-bond acceptors (Lipinski definition) is 19.